The van der Waals surface area contributed by atoms with Gasteiger partial charge in [-0.15, -0.1) is 0 Å². The van der Waals surface area contributed by atoms with Crippen molar-refractivity contribution in [3.8, 4) is 0 Å². The topological polar surface area (TPSA) is 20.2 Å². The van der Waals surface area contributed by atoms with Crippen LogP contribution >= 0.6 is 11.8 Å². The van der Waals surface area contributed by atoms with Gasteiger partial charge < -0.3 is 5.11 Å². The van der Waals surface area contributed by atoms with E-state index in [4.69, 9.17) is 5.11 Å². The molecule has 0 aliphatic heterocycles. The van der Waals surface area contributed by atoms with E-state index in [2.05, 4.69) is 45.2 Å². The number of allylic oxidation sites excluding steroid dienone is 1. The van der Waals surface area contributed by atoms with Crippen LogP contribution in [0.2, 0.25) is 0 Å². The van der Waals surface area contributed by atoms with Gasteiger partial charge in [-0.3, -0.25) is 0 Å². The summed E-state index contributed by atoms with van der Waals surface area (Å²) in [5.74, 6) is 0. The van der Waals surface area contributed by atoms with Gasteiger partial charge in [0.25, 0.3) is 0 Å². The van der Waals surface area contributed by atoms with Crippen molar-refractivity contribution < 1.29 is 5.11 Å². The molecule has 1 N–H and O–H groups in total. The first-order valence-corrected chi connectivity index (χ1v) is 6.95. The molecule has 0 amide bonds. The summed E-state index contributed by atoms with van der Waals surface area (Å²) >= 11 is 1.79. The molecule has 1 aromatic rings. The molecule has 0 radical (unpaired) electrons. The van der Waals surface area contributed by atoms with Crippen molar-refractivity contribution >= 4 is 11.8 Å². The number of rotatable bonds is 5. The minimum atomic E-state index is 0.274. The van der Waals surface area contributed by atoms with Crippen LogP contribution in [0.25, 0.3) is 0 Å². The van der Waals surface area contributed by atoms with Gasteiger partial charge >= 0.3 is 0 Å². The molecule has 0 aliphatic carbocycles. The summed E-state index contributed by atoms with van der Waals surface area (Å²) in [5.41, 5.74) is 5.48. The predicted octanol–water partition coefficient (Wildman–Crippen LogP) is 4.30. The third-order valence-corrected chi connectivity index (χ3v) is 4.28. The van der Waals surface area contributed by atoms with Gasteiger partial charge in [-0.1, -0.05) is 23.9 Å². The average Bonchev–Trinajstić information content (AvgIpc) is 2.30. The van der Waals surface area contributed by atoms with Crippen LogP contribution in [-0.2, 0) is 0 Å². The van der Waals surface area contributed by atoms with Crippen LogP contribution in [0.5, 0.6) is 0 Å². The molecule has 0 spiro atoms. The Morgan fingerprint density at radius 3 is 2.24 bits per heavy atom. The third-order valence-electron chi connectivity index (χ3n) is 3.11. The van der Waals surface area contributed by atoms with Crippen LogP contribution < -0.4 is 0 Å². The maximum atomic E-state index is 8.70. The molecule has 2 heteroatoms. The molecule has 0 saturated heterocycles. The van der Waals surface area contributed by atoms with Gasteiger partial charge in [0.05, 0.1) is 0 Å². The van der Waals surface area contributed by atoms with Crippen molar-refractivity contribution in [2.75, 3.05) is 6.61 Å². The number of aryl methyl sites for hydroxylation is 2. The summed E-state index contributed by atoms with van der Waals surface area (Å²) in [7, 11) is 0. The van der Waals surface area contributed by atoms with Crippen molar-refractivity contribution in [1.82, 2.24) is 0 Å². The van der Waals surface area contributed by atoms with Crippen molar-refractivity contribution in [2.45, 2.75) is 45.4 Å². The smallest absolute Gasteiger partial charge is 0.0433 e. The summed E-state index contributed by atoms with van der Waals surface area (Å²) in [6, 6.07) is 2.25. The van der Waals surface area contributed by atoms with E-state index < -0.39 is 0 Å². The van der Waals surface area contributed by atoms with E-state index in [1.165, 1.54) is 27.1 Å². The summed E-state index contributed by atoms with van der Waals surface area (Å²) in [6.45, 7) is 8.98. The molecular formula is C15H22OS. The van der Waals surface area contributed by atoms with Crippen LogP contribution in [0.1, 0.15) is 35.1 Å². The third kappa shape index (κ3) is 3.90. The first kappa shape index (κ1) is 14.3. The molecule has 0 aliphatic rings. The minimum absolute atomic E-state index is 0.274. The van der Waals surface area contributed by atoms with Crippen LogP contribution in [0, 0.1) is 27.7 Å². The lowest BCUT2D eigenvalue weighted by Crippen LogP contribution is -1.92. The maximum Gasteiger partial charge on any atom is 0.0433 e. The lowest BCUT2D eigenvalue weighted by molar-refractivity contribution is 0.289. The van der Waals surface area contributed by atoms with Crippen LogP contribution in [0.3, 0.4) is 0 Å². The second-order valence-corrected chi connectivity index (χ2v) is 5.36. The van der Waals surface area contributed by atoms with E-state index in [0.717, 1.165) is 12.8 Å². The van der Waals surface area contributed by atoms with E-state index >= 15 is 0 Å². The van der Waals surface area contributed by atoms with Gasteiger partial charge in [0, 0.05) is 11.5 Å². The minimum Gasteiger partial charge on any atom is -0.396 e. The fourth-order valence-corrected chi connectivity index (χ4v) is 2.79. The zero-order chi connectivity index (χ0) is 12.8. The highest BCUT2D eigenvalue weighted by atomic mass is 32.2. The zero-order valence-electron chi connectivity index (χ0n) is 11.2. The van der Waals surface area contributed by atoms with E-state index in [1.54, 1.807) is 11.8 Å². The summed E-state index contributed by atoms with van der Waals surface area (Å²) in [6.07, 6.45) is 3.94. The van der Waals surface area contributed by atoms with Crippen LogP contribution in [0.4, 0.5) is 0 Å². The highest BCUT2D eigenvalue weighted by Crippen LogP contribution is 2.31. The van der Waals surface area contributed by atoms with E-state index in [-0.39, 0.29) is 6.61 Å². The van der Waals surface area contributed by atoms with E-state index in [0.29, 0.717) is 0 Å². The Hall–Kier alpha value is -0.730. The Balaban J connectivity index is 2.80. The Morgan fingerprint density at radius 2 is 1.71 bits per heavy atom. The molecule has 94 valence electrons. The lowest BCUT2D eigenvalue weighted by atomic mass is 10.0. The molecule has 0 bridgehead atoms. The van der Waals surface area contributed by atoms with Crippen molar-refractivity contribution in [2.24, 2.45) is 0 Å². The Labute approximate surface area is 109 Å². The van der Waals surface area contributed by atoms with Gasteiger partial charge in [-0.25, -0.2) is 0 Å². The Bertz CT molecular complexity index is 382. The molecule has 1 aromatic carbocycles. The van der Waals surface area contributed by atoms with Gasteiger partial charge in [-0.2, -0.15) is 0 Å². The SMILES string of the molecule is Cc1cc(C)c(C)c(S/C=C/CCCO)c1C. The second-order valence-electron chi connectivity index (χ2n) is 4.44. The number of aliphatic hydroxyl groups is 1. The summed E-state index contributed by atoms with van der Waals surface area (Å²) in [5, 5.41) is 10.8. The van der Waals surface area contributed by atoms with Crippen LogP contribution in [0.15, 0.2) is 22.4 Å². The molecule has 0 aromatic heterocycles. The first-order valence-electron chi connectivity index (χ1n) is 6.07. The number of aliphatic hydroxyl groups excluding tert-OH is 1. The number of hydrogen-bond acceptors (Lipinski definition) is 2. The Morgan fingerprint density at radius 1 is 1.12 bits per heavy atom. The monoisotopic (exact) mass is 250 g/mol. The van der Waals surface area contributed by atoms with Gasteiger partial charge in [0.1, 0.15) is 0 Å². The van der Waals surface area contributed by atoms with Crippen LogP contribution in [-0.4, -0.2) is 11.7 Å². The second kappa shape index (κ2) is 6.87. The molecule has 17 heavy (non-hydrogen) atoms. The first-order chi connectivity index (χ1) is 8.07. The molecular weight excluding hydrogens is 228 g/mol. The lowest BCUT2D eigenvalue weighted by Gasteiger charge is -2.13. The summed E-state index contributed by atoms with van der Waals surface area (Å²) < 4.78 is 0. The van der Waals surface area contributed by atoms with Gasteiger partial charge in [0.2, 0.25) is 0 Å². The van der Waals surface area contributed by atoms with Crippen molar-refractivity contribution in [1.29, 1.82) is 0 Å². The molecule has 0 saturated carbocycles. The predicted molar refractivity (Wildman–Crippen MR) is 76.7 cm³/mol. The van der Waals surface area contributed by atoms with E-state index in [9.17, 15) is 0 Å². The number of thioether (sulfide) groups is 1. The fourth-order valence-electron chi connectivity index (χ4n) is 1.75. The maximum absolute atomic E-state index is 8.70. The molecule has 1 rings (SSSR count). The quantitative estimate of drug-likeness (QED) is 0.621. The molecule has 0 atom stereocenters. The van der Waals surface area contributed by atoms with Crippen molar-refractivity contribution in [3.63, 3.8) is 0 Å². The zero-order valence-corrected chi connectivity index (χ0v) is 12.0. The Kier molecular flexibility index (Phi) is 5.79. The number of unbranched alkanes of at least 4 members (excludes halogenated alkanes) is 1. The summed E-state index contributed by atoms with van der Waals surface area (Å²) in [4.78, 5) is 1.38. The van der Waals surface area contributed by atoms with Crippen molar-refractivity contribution in [3.05, 3.63) is 39.8 Å². The largest absolute Gasteiger partial charge is 0.396 e. The standard InChI is InChI=1S/C15H22OS/c1-11-10-12(2)14(4)15(13(11)3)17-9-7-5-6-8-16/h7,9-10,16H,5-6,8H2,1-4H3/b9-7+. The molecule has 1 nitrogen and oxygen atoms in total. The number of hydrogen-bond donors (Lipinski definition) is 1. The normalized spacial score (nSPS) is 11.4. The fraction of sp³-hybridized carbons (Fsp3) is 0.467. The molecule has 0 unspecified atom stereocenters. The average molecular weight is 250 g/mol. The highest BCUT2D eigenvalue weighted by Gasteiger charge is 2.07. The van der Waals surface area contributed by atoms with Gasteiger partial charge in [0.15, 0.2) is 0 Å². The highest BCUT2D eigenvalue weighted by molar-refractivity contribution is 8.02. The molecule has 0 fully saturated rings. The number of benzene rings is 1. The van der Waals surface area contributed by atoms with E-state index in [1.807, 2.05) is 0 Å². The molecule has 0 heterocycles. The van der Waals surface area contributed by atoms with Gasteiger partial charge in [-0.05, 0) is 68.2 Å².